The van der Waals surface area contributed by atoms with E-state index in [0.717, 1.165) is 10.7 Å². The summed E-state index contributed by atoms with van der Waals surface area (Å²) in [5, 5.41) is 0.802. The van der Waals surface area contributed by atoms with Gasteiger partial charge in [-0.25, -0.2) is 0 Å². The maximum Gasteiger partial charge on any atom is 0.494 e. The molecular weight excluding hydrogens is 291 g/mol. The Morgan fingerprint density at radius 1 is 0.909 bits per heavy atom. The summed E-state index contributed by atoms with van der Waals surface area (Å²) in [5.41, 5.74) is 0.576. The molecule has 1 heterocycles. The molecule has 0 unspecified atom stereocenters. The van der Waals surface area contributed by atoms with Crippen molar-refractivity contribution >= 4 is 24.3 Å². The van der Waals surface area contributed by atoms with Crippen LogP contribution in [-0.2, 0) is 9.31 Å². The van der Waals surface area contributed by atoms with Crippen molar-refractivity contribution in [3.05, 3.63) is 24.3 Å². The second-order valence-corrected chi connectivity index (χ2v) is 8.91. The molecule has 1 aromatic rings. The third-order valence-electron chi connectivity index (χ3n) is 5.26. The maximum atomic E-state index is 6.11. The smallest absolute Gasteiger partial charge is 0.399 e. The first-order valence-electron chi connectivity index (χ1n) is 8.50. The van der Waals surface area contributed by atoms with E-state index in [1.807, 2.05) is 11.8 Å². The van der Waals surface area contributed by atoms with Gasteiger partial charge in [0.05, 0.1) is 11.2 Å². The first-order chi connectivity index (χ1) is 10.4. The Kier molecular flexibility index (Phi) is 4.64. The van der Waals surface area contributed by atoms with E-state index >= 15 is 0 Å². The highest BCUT2D eigenvalue weighted by molar-refractivity contribution is 8.00. The van der Waals surface area contributed by atoms with E-state index in [2.05, 4.69) is 52.0 Å². The van der Waals surface area contributed by atoms with Crippen molar-refractivity contribution in [2.75, 3.05) is 0 Å². The summed E-state index contributed by atoms with van der Waals surface area (Å²) in [6.07, 6.45) is 6.93. The molecule has 0 bridgehead atoms. The zero-order valence-electron chi connectivity index (χ0n) is 14.2. The van der Waals surface area contributed by atoms with Crippen molar-refractivity contribution in [2.24, 2.45) is 0 Å². The monoisotopic (exact) mass is 318 g/mol. The molecule has 0 spiro atoms. The SMILES string of the molecule is CC1(C)OB(c2ccc(SC3CCCCC3)cc2)OC1(C)C. The van der Waals surface area contributed by atoms with Crippen LogP contribution in [-0.4, -0.2) is 23.6 Å². The summed E-state index contributed by atoms with van der Waals surface area (Å²) in [5.74, 6) is 0. The molecule has 3 rings (SSSR count). The summed E-state index contributed by atoms with van der Waals surface area (Å²) in [4.78, 5) is 1.37. The molecule has 4 heteroatoms. The van der Waals surface area contributed by atoms with Crippen LogP contribution in [0.4, 0.5) is 0 Å². The molecule has 120 valence electrons. The van der Waals surface area contributed by atoms with Gasteiger partial charge in [0.2, 0.25) is 0 Å². The van der Waals surface area contributed by atoms with E-state index in [4.69, 9.17) is 9.31 Å². The van der Waals surface area contributed by atoms with Crippen molar-refractivity contribution < 1.29 is 9.31 Å². The molecule has 0 amide bonds. The lowest BCUT2D eigenvalue weighted by Crippen LogP contribution is -2.41. The third kappa shape index (κ3) is 3.39. The van der Waals surface area contributed by atoms with Crippen LogP contribution in [0.2, 0.25) is 0 Å². The molecule has 2 aliphatic rings. The first-order valence-corrected chi connectivity index (χ1v) is 9.38. The molecule has 0 radical (unpaired) electrons. The summed E-state index contributed by atoms with van der Waals surface area (Å²) in [7, 11) is -0.251. The molecule has 1 saturated heterocycles. The molecule has 1 aliphatic heterocycles. The lowest BCUT2D eigenvalue weighted by molar-refractivity contribution is 0.00578. The highest BCUT2D eigenvalue weighted by atomic mass is 32.2. The van der Waals surface area contributed by atoms with Crippen molar-refractivity contribution in [3.63, 3.8) is 0 Å². The van der Waals surface area contributed by atoms with Gasteiger partial charge in [-0.2, -0.15) is 0 Å². The zero-order chi connectivity index (χ0) is 15.8. The molecule has 0 aromatic heterocycles. The Labute approximate surface area is 139 Å². The van der Waals surface area contributed by atoms with Gasteiger partial charge in [-0.1, -0.05) is 31.4 Å². The van der Waals surface area contributed by atoms with E-state index in [-0.39, 0.29) is 18.3 Å². The van der Waals surface area contributed by atoms with E-state index in [0.29, 0.717) is 0 Å². The second kappa shape index (κ2) is 6.22. The first kappa shape index (κ1) is 16.4. The number of hydrogen-bond donors (Lipinski definition) is 0. The van der Waals surface area contributed by atoms with Gasteiger partial charge in [0.1, 0.15) is 0 Å². The lowest BCUT2D eigenvalue weighted by Gasteiger charge is -2.32. The average molecular weight is 318 g/mol. The molecule has 22 heavy (non-hydrogen) atoms. The largest absolute Gasteiger partial charge is 0.494 e. The standard InChI is InChI=1S/C18H27BO2S/c1-17(2)18(3,4)21-19(20-17)14-10-12-16(13-11-14)22-15-8-6-5-7-9-15/h10-13,15H,5-9H2,1-4H3. The van der Waals surface area contributed by atoms with Gasteiger partial charge in [0.25, 0.3) is 0 Å². The molecule has 2 nitrogen and oxygen atoms in total. The van der Waals surface area contributed by atoms with E-state index in [1.165, 1.54) is 37.0 Å². The Morgan fingerprint density at radius 3 is 2.00 bits per heavy atom. The maximum absolute atomic E-state index is 6.11. The van der Waals surface area contributed by atoms with Gasteiger partial charge >= 0.3 is 7.12 Å². The van der Waals surface area contributed by atoms with Crippen LogP contribution < -0.4 is 5.46 Å². The summed E-state index contributed by atoms with van der Waals surface area (Å²) in [6, 6.07) is 8.76. The van der Waals surface area contributed by atoms with Crippen molar-refractivity contribution in [1.82, 2.24) is 0 Å². The minimum absolute atomic E-state index is 0.251. The summed E-state index contributed by atoms with van der Waals surface area (Å²) in [6.45, 7) is 8.39. The van der Waals surface area contributed by atoms with Gasteiger partial charge in [-0.15, -0.1) is 11.8 Å². The summed E-state index contributed by atoms with van der Waals surface area (Å²) >= 11 is 2.03. The van der Waals surface area contributed by atoms with E-state index < -0.39 is 0 Å². The number of rotatable bonds is 3. The van der Waals surface area contributed by atoms with Crippen molar-refractivity contribution in [3.8, 4) is 0 Å². The number of hydrogen-bond acceptors (Lipinski definition) is 3. The number of thioether (sulfide) groups is 1. The van der Waals surface area contributed by atoms with Crippen molar-refractivity contribution in [2.45, 2.75) is 81.1 Å². The van der Waals surface area contributed by atoms with Crippen LogP contribution in [0.25, 0.3) is 0 Å². The van der Waals surface area contributed by atoms with Crippen LogP contribution in [0.5, 0.6) is 0 Å². The molecule has 2 fully saturated rings. The number of benzene rings is 1. The molecule has 1 aromatic carbocycles. The second-order valence-electron chi connectivity index (χ2n) is 7.54. The van der Waals surface area contributed by atoms with Crippen molar-refractivity contribution in [1.29, 1.82) is 0 Å². The molecule has 0 N–H and O–H groups in total. The van der Waals surface area contributed by atoms with Crippen LogP contribution in [0.15, 0.2) is 29.2 Å². The zero-order valence-corrected chi connectivity index (χ0v) is 15.0. The van der Waals surface area contributed by atoms with Gasteiger partial charge in [-0.05, 0) is 58.1 Å². The Hall–Kier alpha value is -0.445. The summed E-state index contributed by atoms with van der Waals surface area (Å²) < 4.78 is 12.2. The van der Waals surface area contributed by atoms with Gasteiger partial charge < -0.3 is 9.31 Å². The van der Waals surface area contributed by atoms with Gasteiger partial charge in [-0.3, -0.25) is 0 Å². The fourth-order valence-corrected chi connectivity index (χ4v) is 4.31. The predicted molar refractivity (Wildman–Crippen MR) is 94.9 cm³/mol. The highest BCUT2D eigenvalue weighted by Crippen LogP contribution is 2.37. The molecular formula is C18H27BO2S. The minimum Gasteiger partial charge on any atom is -0.399 e. The highest BCUT2D eigenvalue weighted by Gasteiger charge is 2.51. The average Bonchev–Trinajstić information content (AvgIpc) is 2.69. The van der Waals surface area contributed by atoms with E-state index in [9.17, 15) is 0 Å². The predicted octanol–water partition coefficient (Wildman–Crippen LogP) is 4.41. The van der Waals surface area contributed by atoms with Crippen LogP contribution >= 0.6 is 11.8 Å². The quantitative estimate of drug-likeness (QED) is 0.769. The van der Waals surface area contributed by atoms with Gasteiger partial charge in [0.15, 0.2) is 0 Å². The Bertz CT molecular complexity index is 490. The molecule has 1 saturated carbocycles. The molecule has 1 aliphatic carbocycles. The van der Waals surface area contributed by atoms with E-state index in [1.54, 1.807) is 0 Å². The van der Waals surface area contributed by atoms with Crippen LogP contribution in [0.3, 0.4) is 0 Å². The third-order valence-corrected chi connectivity index (χ3v) is 6.61. The van der Waals surface area contributed by atoms with Crippen LogP contribution in [0.1, 0.15) is 59.8 Å². The fourth-order valence-electron chi connectivity index (χ4n) is 3.06. The molecule has 0 atom stereocenters. The minimum atomic E-state index is -0.271. The topological polar surface area (TPSA) is 18.5 Å². The lowest BCUT2D eigenvalue weighted by atomic mass is 9.79. The van der Waals surface area contributed by atoms with Gasteiger partial charge in [0, 0.05) is 10.1 Å². The van der Waals surface area contributed by atoms with Crippen LogP contribution in [0, 0.1) is 0 Å². The Morgan fingerprint density at radius 2 is 1.45 bits per heavy atom. The Balaban J connectivity index is 1.65. The normalized spacial score (nSPS) is 24.6. The fraction of sp³-hybridized carbons (Fsp3) is 0.667.